The van der Waals surface area contributed by atoms with Crippen molar-refractivity contribution in [1.82, 2.24) is 0 Å². The van der Waals surface area contributed by atoms with Crippen LogP contribution in [0.5, 0.6) is 5.75 Å². The van der Waals surface area contributed by atoms with Crippen LogP contribution in [0.25, 0.3) is 0 Å². The van der Waals surface area contributed by atoms with E-state index in [-0.39, 0.29) is 17.5 Å². The Balaban J connectivity index is 2.56. The van der Waals surface area contributed by atoms with Gasteiger partial charge in [0.2, 0.25) is 5.82 Å². The molecule has 0 aliphatic rings. The molecule has 0 unspecified atom stereocenters. The molecule has 0 saturated heterocycles. The molecule has 0 radical (unpaired) electrons. The molecule has 136 valence electrons. The molecule has 0 bridgehead atoms. The number of hydrogen-bond donors (Lipinski definition) is 1. The van der Waals surface area contributed by atoms with Gasteiger partial charge in [0.1, 0.15) is 5.75 Å². The number of benzene rings is 2. The summed E-state index contributed by atoms with van der Waals surface area (Å²) in [6.45, 7) is 3.30. The maximum Gasteiger partial charge on any atom is 0.268 e. The highest BCUT2D eigenvalue weighted by Crippen LogP contribution is 2.31. The summed E-state index contributed by atoms with van der Waals surface area (Å²) in [5.74, 6) is -12.0. The largest absolute Gasteiger partial charge is 0.489 e. The maximum absolute atomic E-state index is 13.7. The van der Waals surface area contributed by atoms with Crippen LogP contribution in [0, 0.1) is 29.1 Å². The molecule has 0 aromatic heterocycles. The van der Waals surface area contributed by atoms with Gasteiger partial charge in [-0.3, -0.25) is 4.72 Å². The highest BCUT2D eigenvalue weighted by molar-refractivity contribution is 7.92. The van der Waals surface area contributed by atoms with E-state index in [0.29, 0.717) is 0 Å². The van der Waals surface area contributed by atoms with Gasteiger partial charge in [0.05, 0.1) is 11.8 Å². The van der Waals surface area contributed by atoms with Gasteiger partial charge in [-0.1, -0.05) is 12.1 Å². The molecule has 10 heteroatoms. The van der Waals surface area contributed by atoms with Crippen LogP contribution in [0.1, 0.15) is 13.8 Å². The Morgan fingerprint density at radius 1 is 0.880 bits per heavy atom. The highest BCUT2D eigenvalue weighted by atomic mass is 32.2. The topological polar surface area (TPSA) is 55.4 Å². The summed E-state index contributed by atoms with van der Waals surface area (Å²) in [4.78, 5) is -1.97. The summed E-state index contributed by atoms with van der Waals surface area (Å²) in [6.07, 6.45) is -0.361. The van der Waals surface area contributed by atoms with Crippen molar-refractivity contribution in [1.29, 1.82) is 0 Å². The zero-order chi connectivity index (χ0) is 18.9. The van der Waals surface area contributed by atoms with Crippen LogP contribution in [0.2, 0.25) is 0 Å². The number of anilines is 1. The van der Waals surface area contributed by atoms with Gasteiger partial charge in [0.15, 0.2) is 28.2 Å². The summed E-state index contributed by atoms with van der Waals surface area (Å²) in [6, 6.07) is 5.48. The molecule has 25 heavy (non-hydrogen) atoms. The Labute approximate surface area is 140 Å². The van der Waals surface area contributed by atoms with E-state index in [1.807, 2.05) is 0 Å². The van der Waals surface area contributed by atoms with Gasteiger partial charge >= 0.3 is 0 Å². The summed E-state index contributed by atoms with van der Waals surface area (Å²) in [5, 5.41) is 0. The number of sulfonamides is 1. The van der Waals surface area contributed by atoms with Crippen molar-refractivity contribution in [3.63, 3.8) is 0 Å². The van der Waals surface area contributed by atoms with Gasteiger partial charge in [0, 0.05) is 0 Å². The number of halogens is 5. The minimum absolute atomic E-state index is 0.0185. The van der Waals surface area contributed by atoms with E-state index in [9.17, 15) is 30.4 Å². The van der Waals surface area contributed by atoms with E-state index in [1.165, 1.54) is 24.3 Å². The number of ether oxygens (including phenoxy) is 1. The summed E-state index contributed by atoms with van der Waals surface area (Å²) in [5.41, 5.74) is -0.222. The third kappa shape index (κ3) is 3.68. The molecule has 1 N–H and O–H groups in total. The van der Waals surface area contributed by atoms with E-state index in [2.05, 4.69) is 0 Å². The van der Waals surface area contributed by atoms with Gasteiger partial charge < -0.3 is 4.74 Å². The minimum Gasteiger partial charge on any atom is -0.489 e. The Morgan fingerprint density at radius 2 is 1.36 bits per heavy atom. The number of hydrogen-bond acceptors (Lipinski definition) is 3. The predicted molar refractivity (Wildman–Crippen MR) is 79.2 cm³/mol. The molecule has 0 atom stereocenters. The lowest BCUT2D eigenvalue weighted by molar-refractivity contribution is 0.244. The molecule has 0 saturated carbocycles. The van der Waals surface area contributed by atoms with E-state index in [4.69, 9.17) is 4.74 Å². The van der Waals surface area contributed by atoms with E-state index in [0.717, 1.165) is 0 Å². The molecule has 0 aliphatic heterocycles. The van der Waals surface area contributed by atoms with Crippen molar-refractivity contribution in [2.75, 3.05) is 4.72 Å². The molecule has 2 aromatic carbocycles. The van der Waals surface area contributed by atoms with Crippen molar-refractivity contribution < 1.29 is 35.1 Å². The van der Waals surface area contributed by atoms with Gasteiger partial charge in [-0.2, -0.15) is 0 Å². The molecule has 0 spiro atoms. The molecule has 0 heterocycles. The highest BCUT2D eigenvalue weighted by Gasteiger charge is 2.34. The van der Waals surface area contributed by atoms with Gasteiger partial charge in [-0.05, 0) is 26.0 Å². The lowest BCUT2D eigenvalue weighted by Crippen LogP contribution is -2.20. The normalized spacial score (nSPS) is 11.7. The third-order valence-electron chi connectivity index (χ3n) is 2.93. The van der Waals surface area contributed by atoms with Crippen molar-refractivity contribution in [3.8, 4) is 5.75 Å². The maximum atomic E-state index is 13.7. The van der Waals surface area contributed by atoms with Crippen molar-refractivity contribution >= 4 is 15.7 Å². The fourth-order valence-corrected chi connectivity index (χ4v) is 3.14. The first kappa shape index (κ1) is 19.0. The lowest BCUT2D eigenvalue weighted by Gasteiger charge is -2.16. The molecular formula is C15H12F5NO3S. The second-order valence-corrected chi connectivity index (χ2v) is 6.79. The average Bonchev–Trinajstić information content (AvgIpc) is 2.52. The number of nitrogens with one attached hydrogen (secondary N) is 1. The van der Waals surface area contributed by atoms with Crippen LogP contribution in [0.3, 0.4) is 0 Å². The Kier molecular flexibility index (Phi) is 5.21. The first-order valence-electron chi connectivity index (χ1n) is 6.86. The standard InChI is InChI=1S/C15H12F5NO3S/c1-7(2)24-9-6-4-3-5-8(9)21-25(22,23)15-13(19)11(17)10(16)12(18)14(15)20/h3-7,21H,1-2H3. The molecule has 2 aromatic rings. The van der Waals surface area contributed by atoms with Crippen LogP contribution in [-0.4, -0.2) is 14.5 Å². The smallest absolute Gasteiger partial charge is 0.268 e. The van der Waals surface area contributed by atoms with Crippen LogP contribution in [0.4, 0.5) is 27.6 Å². The second-order valence-electron chi connectivity index (χ2n) is 5.17. The first-order chi connectivity index (χ1) is 11.6. The Morgan fingerprint density at radius 3 is 1.88 bits per heavy atom. The average molecular weight is 381 g/mol. The Bertz CT molecular complexity index is 887. The monoisotopic (exact) mass is 381 g/mol. The van der Waals surface area contributed by atoms with Gasteiger partial charge in [0.25, 0.3) is 10.0 Å². The summed E-state index contributed by atoms with van der Waals surface area (Å²) in [7, 11) is -5.12. The predicted octanol–water partition coefficient (Wildman–Crippen LogP) is 3.97. The third-order valence-corrected chi connectivity index (χ3v) is 4.32. The fourth-order valence-electron chi connectivity index (χ4n) is 1.92. The van der Waals surface area contributed by atoms with Crippen molar-refractivity contribution in [3.05, 3.63) is 53.4 Å². The molecule has 2 rings (SSSR count). The quantitative estimate of drug-likeness (QED) is 0.484. The molecule has 0 aliphatic carbocycles. The van der Waals surface area contributed by atoms with Gasteiger partial charge in [-0.25, -0.2) is 30.4 Å². The lowest BCUT2D eigenvalue weighted by atomic mass is 10.3. The molecule has 0 fully saturated rings. The van der Waals surface area contributed by atoms with E-state index < -0.39 is 44.0 Å². The first-order valence-corrected chi connectivity index (χ1v) is 8.34. The van der Waals surface area contributed by atoms with Crippen molar-refractivity contribution in [2.45, 2.75) is 24.8 Å². The van der Waals surface area contributed by atoms with E-state index in [1.54, 1.807) is 18.6 Å². The van der Waals surface area contributed by atoms with Crippen LogP contribution < -0.4 is 9.46 Å². The zero-order valence-electron chi connectivity index (χ0n) is 12.9. The zero-order valence-corrected chi connectivity index (χ0v) is 13.7. The molecule has 0 amide bonds. The van der Waals surface area contributed by atoms with Crippen LogP contribution >= 0.6 is 0 Å². The molecule has 4 nitrogen and oxygen atoms in total. The Hall–Kier alpha value is -2.36. The van der Waals surface area contributed by atoms with E-state index >= 15 is 0 Å². The SMILES string of the molecule is CC(C)Oc1ccccc1NS(=O)(=O)c1c(F)c(F)c(F)c(F)c1F. The second kappa shape index (κ2) is 6.87. The van der Waals surface area contributed by atoms with Gasteiger partial charge in [-0.15, -0.1) is 0 Å². The molecular weight excluding hydrogens is 369 g/mol. The number of para-hydroxylation sites is 2. The van der Waals surface area contributed by atoms with Crippen molar-refractivity contribution in [2.24, 2.45) is 0 Å². The summed E-state index contributed by atoms with van der Waals surface area (Å²) >= 11 is 0. The van der Waals surface area contributed by atoms with Crippen LogP contribution in [0.15, 0.2) is 29.2 Å². The minimum atomic E-state index is -5.12. The fraction of sp³-hybridized carbons (Fsp3) is 0.200. The number of rotatable bonds is 5. The summed E-state index contributed by atoms with van der Waals surface area (Å²) < 4.78 is 98.5. The van der Waals surface area contributed by atoms with Crippen LogP contribution in [-0.2, 0) is 10.0 Å².